The molecule has 3 N–H and O–H groups in total. The molecular weight excluding hydrogens is 362 g/mol. The number of halogens is 1. The molecular formula is C21H19ClN3O2-. The van der Waals surface area contributed by atoms with Gasteiger partial charge in [0.2, 0.25) is 0 Å². The first-order chi connectivity index (χ1) is 12.8. The van der Waals surface area contributed by atoms with Crippen LogP contribution in [0.1, 0.15) is 11.1 Å². The first-order valence-electron chi connectivity index (χ1n) is 8.48. The van der Waals surface area contributed by atoms with E-state index in [1.54, 1.807) is 0 Å². The summed E-state index contributed by atoms with van der Waals surface area (Å²) in [6.45, 7) is 1.26. The molecule has 0 atom stereocenters. The van der Waals surface area contributed by atoms with Crippen LogP contribution >= 0.6 is 0 Å². The van der Waals surface area contributed by atoms with Gasteiger partial charge < -0.3 is 32.4 Å². The summed E-state index contributed by atoms with van der Waals surface area (Å²) < 4.78 is 5.80. The standard InChI is InChI=1S/C21H19N3O2.ClH/c25-21-23-19-11-8-17(12-20(19)24-21)22-13-15-6-9-18(10-7-15)26-14-16-4-2-1-3-5-16;/h1-12,22H,13-14H2,(H2,23,24,25);1H/p-1. The summed E-state index contributed by atoms with van der Waals surface area (Å²) in [4.78, 5) is 16.8. The van der Waals surface area contributed by atoms with Crippen LogP contribution in [0.3, 0.4) is 0 Å². The highest BCUT2D eigenvalue weighted by Gasteiger charge is 2.01. The van der Waals surface area contributed by atoms with Crippen molar-refractivity contribution < 1.29 is 17.1 Å². The third kappa shape index (κ3) is 4.71. The molecule has 3 aromatic carbocycles. The molecule has 27 heavy (non-hydrogen) atoms. The molecule has 138 valence electrons. The Labute approximate surface area is 162 Å². The average molecular weight is 381 g/mol. The number of H-pyrrole nitrogens is 2. The van der Waals surface area contributed by atoms with Crippen LogP contribution in [0.25, 0.3) is 11.0 Å². The number of aromatic amines is 2. The first kappa shape index (κ1) is 18.6. The number of hydrogen-bond donors (Lipinski definition) is 3. The van der Waals surface area contributed by atoms with Crippen molar-refractivity contribution in [2.75, 3.05) is 5.32 Å². The summed E-state index contributed by atoms with van der Waals surface area (Å²) in [5.74, 6) is 0.851. The zero-order valence-electron chi connectivity index (χ0n) is 14.5. The Bertz CT molecular complexity index is 1060. The third-order valence-electron chi connectivity index (χ3n) is 4.18. The van der Waals surface area contributed by atoms with Crippen molar-refractivity contribution in [2.45, 2.75) is 13.2 Å². The Hall–Kier alpha value is -3.18. The Morgan fingerprint density at radius 2 is 1.56 bits per heavy atom. The van der Waals surface area contributed by atoms with E-state index in [1.165, 1.54) is 0 Å². The molecule has 0 aliphatic rings. The largest absolute Gasteiger partial charge is 1.00 e. The lowest BCUT2D eigenvalue weighted by molar-refractivity contribution is -0.00000570. The normalized spacial score (nSPS) is 10.4. The molecule has 4 rings (SSSR count). The quantitative estimate of drug-likeness (QED) is 0.468. The van der Waals surface area contributed by atoms with Crippen LogP contribution in [0.4, 0.5) is 5.69 Å². The molecule has 1 aromatic heterocycles. The smallest absolute Gasteiger partial charge is 0.323 e. The minimum atomic E-state index is -0.191. The maximum atomic E-state index is 11.3. The van der Waals surface area contributed by atoms with E-state index >= 15 is 0 Å². The lowest BCUT2D eigenvalue weighted by Gasteiger charge is -2.09. The average Bonchev–Trinajstić information content (AvgIpc) is 3.05. The summed E-state index contributed by atoms with van der Waals surface area (Å²) in [5, 5.41) is 3.36. The van der Waals surface area contributed by atoms with Gasteiger partial charge in [-0.1, -0.05) is 42.5 Å². The first-order valence-corrected chi connectivity index (χ1v) is 8.48. The van der Waals surface area contributed by atoms with Gasteiger partial charge in [-0.2, -0.15) is 0 Å². The maximum Gasteiger partial charge on any atom is 0.323 e. The van der Waals surface area contributed by atoms with Crippen LogP contribution in [0.2, 0.25) is 0 Å². The van der Waals surface area contributed by atoms with Crippen LogP contribution in [0.15, 0.2) is 77.6 Å². The van der Waals surface area contributed by atoms with Crippen LogP contribution in [0, 0.1) is 0 Å². The van der Waals surface area contributed by atoms with E-state index in [-0.39, 0.29) is 18.1 Å². The number of hydrogen-bond acceptors (Lipinski definition) is 3. The molecule has 0 aliphatic heterocycles. The van der Waals surface area contributed by atoms with Crippen LogP contribution in [0.5, 0.6) is 5.75 Å². The molecule has 0 unspecified atom stereocenters. The maximum absolute atomic E-state index is 11.3. The fourth-order valence-electron chi connectivity index (χ4n) is 2.79. The van der Waals surface area contributed by atoms with Crippen molar-refractivity contribution in [1.29, 1.82) is 0 Å². The minimum Gasteiger partial charge on any atom is -1.00 e. The molecule has 0 bridgehead atoms. The Morgan fingerprint density at radius 3 is 2.33 bits per heavy atom. The van der Waals surface area contributed by atoms with Gasteiger partial charge >= 0.3 is 5.69 Å². The molecule has 5 nitrogen and oxygen atoms in total. The number of anilines is 1. The number of nitrogens with one attached hydrogen (secondary N) is 3. The number of benzene rings is 3. The highest BCUT2D eigenvalue weighted by molar-refractivity contribution is 5.78. The van der Waals surface area contributed by atoms with Crippen molar-refractivity contribution in [3.05, 3.63) is 94.4 Å². The zero-order chi connectivity index (χ0) is 17.8. The molecule has 0 saturated carbocycles. The van der Waals surface area contributed by atoms with Gasteiger partial charge in [0.05, 0.1) is 11.0 Å². The van der Waals surface area contributed by atoms with E-state index in [1.807, 2.05) is 72.8 Å². The number of fused-ring (bicyclic) bond motifs is 1. The van der Waals surface area contributed by atoms with Gasteiger partial charge in [0.15, 0.2) is 0 Å². The molecule has 0 fully saturated rings. The van der Waals surface area contributed by atoms with Crippen molar-refractivity contribution >= 4 is 16.7 Å². The fraction of sp³-hybridized carbons (Fsp3) is 0.0952. The van der Waals surface area contributed by atoms with Crippen LogP contribution < -0.4 is 28.2 Å². The predicted octanol–water partition coefficient (Wildman–Crippen LogP) is 1.05. The van der Waals surface area contributed by atoms with E-state index in [4.69, 9.17) is 4.74 Å². The van der Waals surface area contributed by atoms with E-state index in [0.29, 0.717) is 13.2 Å². The molecule has 0 aliphatic carbocycles. The van der Waals surface area contributed by atoms with Crippen LogP contribution in [-0.2, 0) is 13.2 Å². The third-order valence-corrected chi connectivity index (χ3v) is 4.18. The molecule has 6 heteroatoms. The summed E-state index contributed by atoms with van der Waals surface area (Å²) >= 11 is 0. The Kier molecular flexibility index (Phi) is 5.84. The van der Waals surface area contributed by atoms with Gasteiger partial charge in [-0.25, -0.2) is 4.79 Å². The SMILES string of the molecule is O=c1[nH]c2ccc(NCc3ccc(OCc4ccccc4)cc3)cc2[nH]1.[Cl-]. The van der Waals surface area contributed by atoms with Crippen molar-refractivity contribution in [1.82, 2.24) is 9.97 Å². The summed E-state index contributed by atoms with van der Waals surface area (Å²) in [5.41, 5.74) is 4.67. The zero-order valence-corrected chi connectivity index (χ0v) is 15.3. The highest BCUT2D eigenvalue weighted by atomic mass is 35.5. The second-order valence-electron chi connectivity index (χ2n) is 6.11. The van der Waals surface area contributed by atoms with Crippen molar-refractivity contribution in [2.24, 2.45) is 0 Å². The summed E-state index contributed by atoms with van der Waals surface area (Å²) in [6.07, 6.45) is 0. The number of rotatable bonds is 6. The highest BCUT2D eigenvalue weighted by Crippen LogP contribution is 2.17. The predicted molar refractivity (Wildman–Crippen MR) is 103 cm³/mol. The van der Waals surface area contributed by atoms with E-state index in [9.17, 15) is 4.79 Å². The molecule has 0 spiro atoms. The monoisotopic (exact) mass is 380 g/mol. The van der Waals surface area contributed by atoms with Crippen molar-refractivity contribution in [3.8, 4) is 5.75 Å². The van der Waals surface area contributed by atoms with Gasteiger partial charge in [0.1, 0.15) is 12.4 Å². The lowest BCUT2D eigenvalue weighted by Crippen LogP contribution is -3.00. The topological polar surface area (TPSA) is 69.9 Å². The second kappa shape index (κ2) is 8.47. The van der Waals surface area contributed by atoms with Gasteiger partial charge in [0.25, 0.3) is 0 Å². The number of imidazole rings is 1. The molecule has 0 saturated heterocycles. The Morgan fingerprint density at radius 1 is 0.815 bits per heavy atom. The van der Waals surface area contributed by atoms with E-state index in [0.717, 1.165) is 33.6 Å². The van der Waals surface area contributed by atoms with Gasteiger partial charge in [-0.3, -0.25) is 0 Å². The van der Waals surface area contributed by atoms with Gasteiger partial charge in [-0.15, -0.1) is 0 Å². The summed E-state index contributed by atoms with van der Waals surface area (Å²) in [7, 11) is 0. The second-order valence-corrected chi connectivity index (χ2v) is 6.11. The molecule has 0 radical (unpaired) electrons. The molecule has 1 heterocycles. The molecule has 4 aromatic rings. The lowest BCUT2D eigenvalue weighted by atomic mass is 10.2. The minimum absolute atomic E-state index is 0. The number of ether oxygens (including phenoxy) is 1. The summed E-state index contributed by atoms with van der Waals surface area (Å²) in [6, 6.07) is 23.9. The van der Waals surface area contributed by atoms with Crippen LogP contribution in [-0.4, -0.2) is 9.97 Å². The van der Waals surface area contributed by atoms with E-state index in [2.05, 4.69) is 15.3 Å². The van der Waals surface area contributed by atoms with Gasteiger partial charge in [-0.05, 0) is 41.5 Å². The van der Waals surface area contributed by atoms with E-state index < -0.39 is 0 Å². The van der Waals surface area contributed by atoms with Crippen molar-refractivity contribution in [3.63, 3.8) is 0 Å². The Balaban J connectivity index is 0.00000210. The fourth-order valence-corrected chi connectivity index (χ4v) is 2.79. The number of aromatic nitrogens is 2. The van der Waals surface area contributed by atoms with Gasteiger partial charge in [0, 0.05) is 12.2 Å². The molecule has 0 amide bonds.